The van der Waals surface area contributed by atoms with E-state index in [4.69, 9.17) is 5.84 Å². The number of fused-ring (bicyclic) bond motifs is 1. The molecule has 0 radical (unpaired) electrons. The number of benzene rings is 2. The Morgan fingerprint density at radius 3 is 2.53 bits per heavy atom. The van der Waals surface area contributed by atoms with Crippen LogP contribution in [0.3, 0.4) is 0 Å². The fraction of sp³-hybridized carbons (Fsp3) is 0.125. The highest BCUT2D eigenvalue weighted by Crippen LogP contribution is 2.31. The van der Waals surface area contributed by atoms with Crippen molar-refractivity contribution >= 4 is 22.1 Å². The topological polar surface area (TPSA) is 38.0 Å². The third-order valence-electron chi connectivity index (χ3n) is 3.35. The molecule has 0 saturated heterocycles. The fourth-order valence-electron chi connectivity index (χ4n) is 2.44. The molecule has 19 heavy (non-hydrogen) atoms. The Bertz CT molecular complexity index is 697. The van der Waals surface area contributed by atoms with Gasteiger partial charge in [0.05, 0.1) is 6.04 Å². The first-order chi connectivity index (χ1) is 9.29. The monoisotopic (exact) mass is 268 g/mol. The largest absolute Gasteiger partial charge is 0.271 e. The van der Waals surface area contributed by atoms with Crippen LogP contribution in [0.15, 0.2) is 54.6 Å². The summed E-state index contributed by atoms with van der Waals surface area (Å²) < 4.78 is 0. The lowest BCUT2D eigenvalue weighted by atomic mass is 9.98. The first-order valence-corrected chi connectivity index (χ1v) is 7.11. The molecule has 3 N–H and O–H groups in total. The second-order valence-electron chi connectivity index (χ2n) is 4.62. The Labute approximate surface area is 116 Å². The quantitative estimate of drug-likeness (QED) is 0.560. The molecule has 2 aromatic carbocycles. The zero-order valence-electron chi connectivity index (χ0n) is 10.8. The van der Waals surface area contributed by atoms with E-state index in [-0.39, 0.29) is 6.04 Å². The molecule has 0 bridgehead atoms. The third-order valence-corrected chi connectivity index (χ3v) is 4.41. The Morgan fingerprint density at radius 2 is 1.79 bits per heavy atom. The normalized spacial score (nSPS) is 12.7. The summed E-state index contributed by atoms with van der Waals surface area (Å²) in [7, 11) is 0. The molecular formula is C16H16N2S. The summed E-state index contributed by atoms with van der Waals surface area (Å²) in [5.74, 6) is 5.79. The van der Waals surface area contributed by atoms with Crippen LogP contribution in [0.25, 0.3) is 10.8 Å². The van der Waals surface area contributed by atoms with Crippen LogP contribution in [0.1, 0.15) is 21.4 Å². The number of thiophene rings is 1. The van der Waals surface area contributed by atoms with Gasteiger partial charge in [0.15, 0.2) is 0 Å². The minimum absolute atomic E-state index is 0.0461. The molecule has 0 amide bonds. The average Bonchev–Trinajstić information content (AvgIpc) is 2.86. The average molecular weight is 268 g/mol. The molecule has 3 rings (SSSR count). The lowest BCUT2D eigenvalue weighted by Gasteiger charge is -2.17. The Kier molecular flexibility index (Phi) is 3.34. The molecule has 3 aromatic rings. The number of aryl methyl sites for hydroxylation is 1. The second kappa shape index (κ2) is 5.13. The molecule has 1 heterocycles. The van der Waals surface area contributed by atoms with Crippen LogP contribution < -0.4 is 11.3 Å². The molecule has 1 unspecified atom stereocenters. The Hall–Kier alpha value is -1.68. The van der Waals surface area contributed by atoms with Gasteiger partial charge in [0.25, 0.3) is 0 Å². The predicted octanol–water partition coefficient (Wildman–Crippen LogP) is 3.76. The minimum atomic E-state index is 0.0461. The first kappa shape index (κ1) is 12.4. The van der Waals surface area contributed by atoms with Gasteiger partial charge >= 0.3 is 0 Å². The van der Waals surface area contributed by atoms with Gasteiger partial charge in [-0.25, -0.2) is 5.43 Å². The number of rotatable bonds is 3. The van der Waals surface area contributed by atoms with Gasteiger partial charge in [0, 0.05) is 9.75 Å². The summed E-state index contributed by atoms with van der Waals surface area (Å²) in [5.41, 5.74) is 4.18. The summed E-state index contributed by atoms with van der Waals surface area (Å²) in [6.45, 7) is 2.12. The molecule has 0 saturated carbocycles. The molecule has 0 spiro atoms. The van der Waals surface area contributed by atoms with E-state index in [0.29, 0.717) is 0 Å². The van der Waals surface area contributed by atoms with E-state index in [9.17, 15) is 0 Å². The van der Waals surface area contributed by atoms with Gasteiger partial charge in [-0.15, -0.1) is 11.3 Å². The maximum atomic E-state index is 5.79. The van der Waals surface area contributed by atoms with Crippen molar-refractivity contribution in [2.24, 2.45) is 5.84 Å². The third kappa shape index (κ3) is 2.28. The highest BCUT2D eigenvalue weighted by Gasteiger charge is 2.16. The molecular weight excluding hydrogens is 252 g/mol. The second-order valence-corrected chi connectivity index (χ2v) is 5.94. The minimum Gasteiger partial charge on any atom is -0.271 e. The number of nitrogens with one attached hydrogen (secondary N) is 1. The van der Waals surface area contributed by atoms with Crippen LogP contribution in [0.4, 0.5) is 0 Å². The van der Waals surface area contributed by atoms with Gasteiger partial charge in [0.1, 0.15) is 0 Å². The van der Waals surface area contributed by atoms with E-state index in [0.717, 1.165) is 0 Å². The summed E-state index contributed by atoms with van der Waals surface area (Å²) in [4.78, 5) is 2.55. The number of nitrogens with two attached hydrogens (primary N) is 1. The van der Waals surface area contributed by atoms with Gasteiger partial charge in [-0.2, -0.15) is 0 Å². The number of hydrogen-bond donors (Lipinski definition) is 2. The van der Waals surface area contributed by atoms with Crippen LogP contribution >= 0.6 is 11.3 Å². The van der Waals surface area contributed by atoms with Crippen molar-refractivity contribution in [1.82, 2.24) is 5.43 Å². The van der Waals surface area contributed by atoms with Gasteiger partial charge in [-0.05, 0) is 35.4 Å². The molecule has 96 valence electrons. The van der Waals surface area contributed by atoms with E-state index in [1.165, 1.54) is 26.1 Å². The molecule has 0 aliphatic rings. The van der Waals surface area contributed by atoms with Crippen LogP contribution in [-0.4, -0.2) is 0 Å². The van der Waals surface area contributed by atoms with E-state index in [1.54, 1.807) is 11.3 Å². The molecule has 1 atom stereocenters. The standard InChI is InChI=1S/C16H16N2S/c1-11-9-10-15(19-11)16(18-17)14-8-4-6-12-5-2-3-7-13(12)14/h2-10,16,18H,17H2,1H3. The Morgan fingerprint density at radius 1 is 1.00 bits per heavy atom. The summed E-state index contributed by atoms with van der Waals surface area (Å²) >= 11 is 1.78. The van der Waals surface area contributed by atoms with Gasteiger partial charge in [-0.3, -0.25) is 5.84 Å². The lowest BCUT2D eigenvalue weighted by molar-refractivity contribution is 0.651. The van der Waals surface area contributed by atoms with E-state index >= 15 is 0 Å². The predicted molar refractivity (Wildman–Crippen MR) is 82.2 cm³/mol. The maximum absolute atomic E-state index is 5.79. The van der Waals surface area contributed by atoms with Crippen molar-refractivity contribution in [3.8, 4) is 0 Å². The lowest BCUT2D eigenvalue weighted by Crippen LogP contribution is -2.28. The smallest absolute Gasteiger partial charge is 0.0808 e. The zero-order chi connectivity index (χ0) is 13.2. The van der Waals surface area contributed by atoms with Crippen LogP contribution in [0, 0.1) is 6.92 Å². The maximum Gasteiger partial charge on any atom is 0.0808 e. The van der Waals surface area contributed by atoms with Crippen molar-refractivity contribution in [3.63, 3.8) is 0 Å². The summed E-state index contributed by atoms with van der Waals surface area (Å²) in [5, 5.41) is 2.49. The van der Waals surface area contributed by atoms with Crippen molar-refractivity contribution in [2.75, 3.05) is 0 Å². The van der Waals surface area contributed by atoms with E-state index in [2.05, 4.69) is 66.9 Å². The summed E-state index contributed by atoms with van der Waals surface area (Å²) in [6.07, 6.45) is 0. The van der Waals surface area contributed by atoms with Gasteiger partial charge < -0.3 is 0 Å². The molecule has 1 aromatic heterocycles. The molecule has 0 aliphatic heterocycles. The van der Waals surface area contributed by atoms with Crippen molar-refractivity contribution < 1.29 is 0 Å². The first-order valence-electron chi connectivity index (χ1n) is 6.29. The van der Waals surface area contributed by atoms with Crippen molar-refractivity contribution in [1.29, 1.82) is 0 Å². The molecule has 3 heteroatoms. The number of hydrogen-bond acceptors (Lipinski definition) is 3. The van der Waals surface area contributed by atoms with Crippen molar-refractivity contribution in [2.45, 2.75) is 13.0 Å². The molecule has 2 nitrogen and oxygen atoms in total. The number of hydrazine groups is 1. The van der Waals surface area contributed by atoms with Gasteiger partial charge in [0.2, 0.25) is 0 Å². The van der Waals surface area contributed by atoms with Crippen LogP contribution in [0.5, 0.6) is 0 Å². The fourth-order valence-corrected chi connectivity index (χ4v) is 3.39. The van der Waals surface area contributed by atoms with Crippen LogP contribution in [0.2, 0.25) is 0 Å². The SMILES string of the molecule is Cc1ccc(C(NN)c2cccc3ccccc23)s1. The highest BCUT2D eigenvalue weighted by molar-refractivity contribution is 7.12. The molecule has 0 fully saturated rings. The van der Waals surface area contributed by atoms with Gasteiger partial charge in [-0.1, -0.05) is 42.5 Å². The highest BCUT2D eigenvalue weighted by atomic mass is 32.1. The van der Waals surface area contributed by atoms with E-state index < -0.39 is 0 Å². The molecule has 0 aliphatic carbocycles. The zero-order valence-corrected chi connectivity index (χ0v) is 11.6. The van der Waals surface area contributed by atoms with Crippen LogP contribution in [-0.2, 0) is 0 Å². The van der Waals surface area contributed by atoms with E-state index in [1.807, 2.05) is 0 Å². The van der Waals surface area contributed by atoms with Crippen molar-refractivity contribution in [3.05, 3.63) is 69.9 Å². The summed E-state index contributed by atoms with van der Waals surface area (Å²) in [6, 6.07) is 19.1. The Balaban J connectivity index is 2.16.